The SMILES string of the molecule is F[P-](F)(F)(F)(F)F.[CH2-]CCCC.[U]. The fourth-order valence-electron chi connectivity index (χ4n) is 0.250. The summed E-state index contributed by atoms with van der Waals surface area (Å²) < 4.78 is 59.2. The quantitative estimate of drug-likeness (QED) is 0.298. The average molecular weight is 454 g/mol. The Balaban J connectivity index is -0.000000150. The molecule has 0 aromatic heterocycles. The van der Waals surface area contributed by atoms with Gasteiger partial charge in [-0.2, -0.15) is 6.42 Å². The van der Waals surface area contributed by atoms with Crippen LogP contribution in [-0.4, -0.2) is 0 Å². The molecule has 0 aliphatic heterocycles. The van der Waals surface area contributed by atoms with Crippen LogP contribution in [-0.2, 0) is 0 Å². The first kappa shape index (κ1) is 19.6. The Labute approximate surface area is 97.1 Å². The van der Waals surface area contributed by atoms with Crippen molar-refractivity contribution in [2.45, 2.75) is 26.2 Å². The first-order valence-corrected chi connectivity index (χ1v) is 5.25. The monoisotopic (exact) mass is 454 g/mol. The number of unbranched alkanes of at least 4 members (excludes halogenated alkanes) is 2. The molecule has 0 heterocycles. The summed E-state index contributed by atoms with van der Waals surface area (Å²) in [5, 5.41) is 0. The molecule has 0 bridgehead atoms. The Morgan fingerprint density at radius 3 is 1.23 bits per heavy atom. The van der Waals surface area contributed by atoms with E-state index in [0.29, 0.717) is 0 Å². The number of halogens is 6. The number of hydrogen-bond donors (Lipinski definition) is 0. The van der Waals surface area contributed by atoms with Crippen molar-refractivity contribution in [1.29, 1.82) is 0 Å². The minimum Gasteiger partial charge on any atom is -0.343 e. The van der Waals surface area contributed by atoms with Gasteiger partial charge in [-0.25, -0.2) is 0 Å². The zero-order valence-electron chi connectivity index (χ0n) is 7.04. The molecule has 0 radical (unpaired) electrons. The van der Waals surface area contributed by atoms with Gasteiger partial charge in [-0.3, -0.25) is 0 Å². The first-order chi connectivity index (χ1) is 4.86. The Morgan fingerprint density at radius 1 is 1.00 bits per heavy atom. The van der Waals surface area contributed by atoms with Gasteiger partial charge in [0.15, 0.2) is 0 Å². The second-order valence-electron chi connectivity index (χ2n) is 2.17. The molecule has 0 N–H and O–H groups in total. The van der Waals surface area contributed by atoms with Crippen LogP contribution in [0.25, 0.3) is 0 Å². The van der Waals surface area contributed by atoms with Crippen molar-refractivity contribution >= 4 is 7.81 Å². The third-order valence-corrected chi connectivity index (χ3v) is 0.604. The summed E-state index contributed by atoms with van der Waals surface area (Å²) in [5.74, 6) is 0. The van der Waals surface area contributed by atoms with Crippen molar-refractivity contribution in [2.75, 3.05) is 0 Å². The van der Waals surface area contributed by atoms with Crippen LogP contribution in [0.4, 0.5) is 25.2 Å². The second kappa shape index (κ2) is 5.23. The Bertz CT molecular complexity index is 111. The third-order valence-electron chi connectivity index (χ3n) is 0.604. The predicted octanol–water partition coefficient (Wildman–Crippen LogP) is 5.39. The predicted molar refractivity (Wildman–Crippen MR) is 38.5 cm³/mol. The molecule has 0 unspecified atom stereocenters. The van der Waals surface area contributed by atoms with Crippen LogP contribution < -0.4 is 0 Å². The van der Waals surface area contributed by atoms with Crippen LogP contribution in [0.3, 0.4) is 0 Å². The molecule has 0 spiro atoms. The molecule has 0 amide bonds. The van der Waals surface area contributed by atoms with Gasteiger partial charge in [-0.1, -0.05) is 19.8 Å². The second-order valence-corrected chi connectivity index (χ2v) is 4.08. The van der Waals surface area contributed by atoms with Gasteiger partial charge in [0.05, 0.1) is 0 Å². The molecule has 0 nitrogen and oxygen atoms in total. The zero-order chi connectivity index (χ0) is 10.5. The van der Waals surface area contributed by atoms with E-state index in [-0.39, 0.29) is 31.1 Å². The molecule has 0 aromatic rings. The van der Waals surface area contributed by atoms with E-state index in [1.807, 2.05) is 0 Å². The summed E-state index contributed by atoms with van der Waals surface area (Å²) in [7, 11) is -10.7. The van der Waals surface area contributed by atoms with Gasteiger partial charge in [-0.15, -0.1) is 0 Å². The van der Waals surface area contributed by atoms with Gasteiger partial charge in [0, 0.05) is 31.1 Å². The summed E-state index contributed by atoms with van der Waals surface area (Å²) in [5.41, 5.74) is 0. The molecule has 0 rings (SSSR count). The minimum absolute atomic E-state index is 0. The van der Waals surface area contributed by atoms with E-state index in [1.54, 1.807) is 0 Å². The summed E-state index contributed by atoms with van der Waals surface area (Å²) in [6, 6.07) is 0. The maximum Gasteiger partial charge on any atom is 0 e. The first-order valence-electron chi connectivity index (χ1n) is 3.22. The van der Waals surface area contributed by atoms with E-state index in [1.165, 1.54) is 12.8 Å². The molecule has 13 heavy (non-hydrogen) atoms. The zero-order valence-corrected chi connectivity index (χ0v) is 12.1. The van der Waals surface area contributed by atoms with E-state index < -0.39 is 7.81 Å². The molecule has 8 heteroatoms. The molecule has 0 atom stereocenters. The normalized spacial score (nSPS) is 15.7. The Morgan fingerprint density at radius 2 is 1.23 bits per heavy atom. The van der Waals surface area contributed by atoms with E-state index >= 15 is 0 Å². The minimum atomic E-state index is -10.7. The molecule has 0 saturated heterocycles. The molecule has 0 saturated carbocycles. The Kier molecular flexibility index (Phi) is 7.89. The number of rotatable bonds is 2. The topological polar surface area (TPSA) is 0 Å². The summed E-state index contributed by atoms with van der Waals surface area (Å²) >= 11 is 0. The van der Waals surface area contributed by atoms with Crippen molar-refractivity contribution in [2.24, 2.45) is 0 Å². The summed E-state index contributed by atoms with van der Waals surface area (Å²) in [6.45, 7) is 5.85. The van der Waals surface area contributed by atoms with Crippen LogP contribution in [0.2, 0.25) is 0 Å². The molecular weight excluding hydrogens is 443 g/mol. The van der Waals surface area contributed by atoms with E-state index in [2.05, 4.69) is 13.8 Å². The summed E-state index contributed by atoms with van der Waals surface area (Å²) in [4.78, 5) is 0. The van der Waals surface area contributed by atoms with E-state index in [9.17, 15) is 25.2 Å². The van der Waals surface area contributed by atoms with E-state index in [0.717, 1.165) is 6.42 Å². The van der Waals surface area contributed by atoms with Crippen LogP contribution >= 0.6 is 7.81 Å². The van der Waals surface area contributed by atoms with Gasteiger partial charge in [0.25, 0.3) is 0 Å². The molecule has 84 valence electrons. The summed E-state index contributed by atoms with van der Waals surface area (Å²) in [6.07, 6.45) is 3.65. The van der Waals surface area contributed by atoms with E-state index in [4.69, 9.17) is 0 Å². The Hall–Kier alpha value is 1.06. The maximum atomic E-state index is 9.87. The van der Waals surface area contributed by atoms with Crippen molar-refractivity contribution in [1.82, 2.24) is 0 Å². The van der Waals surface area contributed by atoms with Crippen molar-refractivity contribution in [3.63, 3.8) is 0 Å². The standard InChI is InChI=1S/C5H11.F6P.U/c1-3-5-4-2;1-7(2,3,4,5)6;/h1,3-5H2,2H3;;/q2*-1;. The fraction of sp³-hybridized carbons (Fsp3) is 0.800. The van der Waals surface area contributed by atoms with Gasteiger partial charge in [0.2, 0.25) is 0 Å². The van der Waals surface area contributed by atoms with Crippen LogP contribution in [0.1, 0.15) is 26.2 Å². The van der Waals surface area contributed by atoms with Gasteiger partial charge in [-0.05, 0) is 0 Å². The smallest absolute Gasteiger partial charge is 0 e. The number of hydrogen-bond acceptors (Lipinski definition) is 0. The van der Waals surface area contributed by atoms with Gasteiger partial charge >= 0.3 is 33.0 Å². The molecule has 0 aromatic carbocycles. The largest absolute Gasteiger partial charge is 0.343 e. The van der Waals surface area contributed by atoms with Crippen molar-refractivity contribution in [3.05, 3.63) is 6.92 Å². The van der Waals surface area contributed by atoms with Gasteiger partial charge in [0.1, 0.15) is 0 Å². The van der Waals surface area contributed by atoms with Gasteiger partial charge < -0.3 is 6.92 Å². The van der Waals surface area contributed by atoms with Crippen molar-refractivity contribution < 1.29 is 56.3 Å². The average Bonchev–Trinajstić information content (AvgIpc) is 1.58. The molecule has 0 aliphatic carbocycles. The maximum absolute atomic E-state index is 10.7. The van der Waals surface area contributed by atoms with Crippen LogP contribution in [0.5, 0.6) is 0 Å². The fourth-order valence-corrected chi connectivity index (χ4v) is 0.250. The molecule has 0 aliphatic rings. The van der Waals surface area contributed by atoms with Crippen molar-refractivity contribution in [3.8, 4) is 0 Å². The third kappa shape index (κ3) is 170. The molecular formula is C5H11F6PU-2. The van der Waals surface area contributed by atoms with Crippen LogP contribution in [0.15, 0.2) is 0 Å². The van der Waals surface area contributed by atoms with Crippen LogP contribution in [0, 0.1) is 38.0 Å². The molecule has 0 fully saturated rings.